The summed E-state index contributed by atoms with van der Waals surface area (Å²) in [7, 11) is 0. The van der Waals surface area contributed by atoms with E-state index in [0.29, 0.717) is 88.7 Å². The van der Waals surface area contributed by atoms with Gasteiger partial charge in [0.1, 0.15) is 31.1 Å². The second-order valence-corrected chi connectivity index (χ2v) is 7.93. The Bertz CT molecular complexity index is 1020. The van der Waals surface area contributed by atoms with Gasteiger partial charge in [-0.2, -0.15) is 0 Å². The molecule has 2 aromatic rings. The number of carbonyl (C=O) groups is 2. The molecular weight excluding hydrogens is 428 g/mol. The molecule has 4 heterocycles. The van der Waals surface area contributed by atoms with Crippen LogP contribution >= 0.6 is 0 Å². The number of nitrogens with one attached hydrogen (secondary N) is 1. The van der Waals surface area contributed by atoms with E-state index in [1.54, 1.807) is 24.3 Å². The number of hydrogen-bond donors (Lipinski definition) is 1. The molecule has 2 fully saturated rings. The number of morpholine rings is 1. The Kier molecular flexibility index (Phi) is 6.11. The van der Waals surface area contributed by atoms with E-state index in [2.05, 4.69) is 20.2 Å². The van der Waals surface area contributed by atoms with Crippen LogP contribution in [0.1, 0.15) is 10.5 Å². The molecule has 2 saturated heterocycles. The molecular formula is C22H26N6O5. The molecule has 11 nitrogen and oxygen atoms in total. The fourth-order valence-electron chi connectivity index (χ4n) is 4.04. The van der Waals surface area contributed by atoms with E-state index >= 15 is 0 Å². The zero-order valence-corrected chi connectivity index (χ0v) is 18.2. The lowest BCUT2D eigenvalue weighted by Gasteiger charge is -2.38. The Morgan fingerprint density at radius 3 is 2.33 bits per heavy atom. The molecule has 0 unspecified atom stereocenters. The fraction of sp³-hybridized carbons (Fsp3) is 0.455. The Hall–Kier alpha value is -3.60. The fourth-order valence-corrected chi connectivity index (χ4v) is 4.04. The summed E-state index contributed by atoms with van der Waals surface area (Å²) in [6, 6.07) is 7.00. The van der Waals surface area contributed by atoms with E-state index in [1.807, 2.05) is 9.80 Å². The Labute approximate surface area is 191 Å². The largest absolute Gasteiger partial charge is 0.486 e. The van der Waals surface area contributed by atoms with E-state index in [1.165, 1.54) is 6.33 Å². The van der Waals surface area contributed by atoms with Gasteiger partial charge in [0.2, 0.25) is 0 Å². The van der Waals surface area contributed by atoms with Gasteiger partial charge in [-0.3, -0.25) is 4.79 Å². The summed E-state index contributed by atoms with van der Waals surface area (Å²) in [4.78, 5) is 39.7. The van der Waals surface area contributed by atoms with Crippen LogP contribution in [-0.4, -0.2) is 97.4 Å². The number of amides is 3. The number of fused-ring (bicyclic) bond motifs is 1. The van der Waals surface area contributed by atoms with Crippen LogP contribution in [0.4, 0.5) is 16.3 Å². The van der Waals surface area contributed by atoms with Gasteiger partial charge in [0.05, 0.1) is 13.2 Å². The maximum absolute atomic E-state index is 12.8. The molecule has 1 aromatic carbocycles. The Balaban J connectivity index is 1.20. The van der Waals surface area contributed by atoms with Crippen LogP contribution in [0, 0.1) is 0 Å². The number of aromatic nitrogens is 2. The second kappa shape index (κ2) is 9.49. The van der Waals surface area contributed by atoms with E-state index in [4.69, 9.17) is 14.2 Å². The van der Waals surface area contributed by atoms with Crippen LogP contribution in [0.2, 0.25) is 0 Å². The smallest absolute Gasteiger partial charge is 0.320 e. The number of benzene rings is 1. The van der Waals surface area contributed by atoms with Crippen molar-refractivity contribution in [1.82, 2.24) is 19.8 Å². The SMILES string of the molecule is O=C(Nc1ccc2c(c1)OCCO2)c1cc(N2CCN(C(=O)N3CCOCC3)CC2)ncn1. The molecule has 3 aliphatic rings. The maximum atomic E-state index is 12.8. The minimum absolute atomic E-state index is 0.0557. The summed E-state index contributed by atoms with van der Waals surface area (Å²) in [6.45, 7) is 5.89. The first-order valence-electron chi connectivity index (χ1n) is 11.1. The van der Waals surface area contributed by atoms with Gasteiger partial charge >= 0.3 is 6.03 Å². The third kappa shape index (κ3) is 4.77. The normalized spacial score (nSPS) is 18.1. The van der Waals surface area contributed by atoms with E-state index in [0.717, 1.165) is 0 Å². The zero-order chi connectivity index (χ0) is 22.6. The third-order valence-electron chi connectivity index (χ3n) is 5.84. The number of piperazine rings is 1. The highest BCUT2D eigenvalue weighted by Crippen LogP contribution is 2.32. The van der Waals surface area contributed by atoms with Crippen LogP contribution in [0.15, 0.2) is 30.6 Å². The molecule has 0 spiro atoms. The average molecular weight is 454 g/mol. The van der Waals surface area contributed by atoms with Crippen molar-refractivity contribution in [3.63, 3.8) is 0 Å². The van der Waals surface area contributed by atoms with E-state index in [-0.39, 0.29) is 17.6 Å². The van der Waals surface area contributed by atoms with Gasteiger partial charge in [-0.1, -0.05) is 0 Å². The lowest BCUT2D eigenvalue weighted by molar-refractivity contribution is 0.0428. The lowest BCUT2D eigenvalue weighted by atomic mass is 10.2. The molecule has 0 saturated carbocycles. The first kappa shape index (κ1) is 21.3. The molecule has 5 rings (SSSR count). The molecule has 174 valence electrons. The second-order valence-electron chi connectivity index (χ2n) is 7.93. The van der Waals surface area contributed by atoms with Gasteiger partial charge in [0, 0.05) is 57.1 Å². The minimum atomic E-state index is -0.337. The molecule has 1 aromatic heterocycles. The summed E-state index contributed by atoms with van der Waals surface area (Å²) in [5.41, 5.74) is 0.862. The first-order valence-corrected chi connectivity index (χ1v) is 11.1. The molecule has 0 radical (unpaired) electrons. The zero-order valence-electron chi connectivity index (χ0n) is 18.2. The Morgan fingerprint density at radius 1 is 0.818 bits per heavy atom. The molecule has 3 aliphatic heterocycles. The molecule has 11 heteroatoms. The lowest BCUT2D eigenvalue weighted by Crippen LogP contribution is -2.55. The van der Waals surface area contributed by atoms with Crippen molar-refractivity contribution in [1.29, 1.82) is 0 Å². The van der Waals surface area contributed by atoms with Gasteiger partial charge in [-0.25, -0.2) is 14.8 Å². The van der Waals surface area contributed by atoms with Crippen LogP contribution < -0.4 is 19.7 Å². The number of hydrogen-bond acceptors (Lipinski definition) is 8. The predicted molar refractivity (Wildman–Crippen MR) is 119 cm³/mol. The number of anilines is 2. The molecule has 0 atom stereocenters. The van der Waals surface area contributed by atoms with Crippen LogP contribution in [0.3, 0.4) is 0 Å². The standard InChI is InChI=1S/C22H26N6O5/c29-21(25-16-1-2-18-19(13-16)33-12-11-32-18)17-14-20(24-15-23-17)26-3-5-27(6-4-26)22(30)28-7-9-31-10-8-28/h1-2,13-15H,3-12H2,(H,25,29). The van der Waals surface area contributed by atoms with Crippen molar-refractivity contribution < 1.29 is 23.8 Å². The van der Waals surface area contributed by atoms with Crippen LogP contribution in [0.25, 0.3) is 0 Å². The van der Waals surface area contributed by atoms with Crippen molar-refractivity contribution in [3.05, 3.63) is 36.3 Å². The third-order valence-corrected chi connectivity index (χ3v) is 5.84. The van der Waals surface area contributed by atoms with Crippen molar-refractivity contribution in [2.24, 2.45) is 0 Å². The van der Waals surface area contributed by atoms with E-state index in [9.17, 15) is 9.59 Å². The Morgan fingerprint density at radius 2 is 1.55 bits per heavy atom. The van der Waals surface area contributed by atoms with Gasteiger partial charge < -0.3 is 34.2 Å². The monoisotopic (exact) mass is 454 g/mol. The highest BCUT2D eigenvalue weighted by molar-refractivity contribution is 6.03. The number of rotatable bonds is 3. The maximum Gasteiger partial charge on any atom is 0.320 e. The average Bonchev–Trinajstić information content (AvgIpc) is 2.89. The van der Waals surface area contributed by atoms with Crippen LogP contribution in [0.5, 0.6) is 11.5 Å². The molecule has 0 bridgehead atoms. The van der Waals surface area contributed by atoms with Gasteiger partial charge in [-0.05, 0) is 12.1 Å². The summed E-state index contributed by atoms with van der Waals surface area (Å²) >= 11 is 0. The minimum Gasteiger partial charge on any atom is -0.486 e. The molecule has 3 amide bonds. The van der Waals surface area contributed by atoms with Gasteiger partial charge in [-0.15, -0.1) is 0 Å². The first-order chi connectivity index (χ1) is 16.2. The van der Waals surface area contributed by atoms with Crippen molar-refractivity contribution in [3.8, 4) is 11.5 Å². The van der Waals surface area contributed by atoms with Crippen molar-refractivity contribution in [2.75, 3.05) is 75.9 Å². The number of nitrogens with zero attached hydrogens (tertiary/aromatic N) is 5. The van der Waals surface area contributed by atoms with Crippen molar-refractivity contribution >= 4 is 23.4 Å². The van der Waals surface area contributed by atoms with E-state index < -0.39 is 0 Å². The van der Waals surface area contributed by atoms with Gasteiger partial charge in [0.25, 0.3) is 5.91 Å². The molecule has 33 heavy (non-hydrogen) atoms. The highest BCUT2D eigenvalue weighted by atomic mass is 16.6. The summed E-state index contributed by atoms with van der Waals surface area (Å²) in [5, 5.41) is 2.84. The summed E-state index contributed by atoms with van der Waals surface area (Å²) in [6.07, 6.45) is 1.39. The van der Waals surface area contributed by atoms with Gasteiger partial charge in [0.15, 0.2) is 11.5 Å². The number of carbonyl (C=O) groups excluding carboxylic acids is 2. The molecule has 0 aliphatic carbocycles. The summed E-state index contributed by atoms with van der Waals surface area (Å²) < 4.78 is 16.4. The quantitative estimate of drug-likeness (QED) is 0.734. The number of urea groups is 1. The molecule has 1 N–H and O–H groups in total. The number of ether oxygens (including phenoxy) is 3. The van der Waals surface area contributed by atoms with Crippen LogP contribution in [-0.2, 0) is 4.74 Å². The van der Waals surface area contributed by atoms with Crippen molar-refractivity contribution in [2.45, 2.75) is 0 Å². The predicted octanol–water partition coefficient (Wildman–Crippen LogP) is 1.07. The highest BCUT2D eigenvalue weighted by Gasteiger charge is 2.27. The summed E-state index contributed by atoms with van der Waals surface area (Å²) in [5.74, 6) is 1.59. The topological polar surface area (TPSA) is 109 Å².